The Morgan fingerprint density at radius 3 is 2.89 bits per heavy atom. The van der Waals surface area contributed by atoms with Gasteiger partial charge in [0.15, 0.2) is 0 Å². The molecule has 1 aromatic heterocycles. The molecule has 0 amide bonds. The molecule has 0 spiro atoms. The summed E-state index contributed by atoms with van der Waals surface area (Å²) in [4.78, 5) is 6.74. The Hall–Kier alpha value is -1.49. The van der Waals surface area contributed by atoms with Crippen LogP contribution in [0.25, 0.3) is 0 Å². The minimum absolute atomic E-state index is 0.526. The maximum absolute atomic E-state index is 5.60. The van der Waals surface area contributed by atoms with Gasteiger partial charge in [-0.3, -0.25) is 10.4 Å². The first-order valence-corrected chi connectivity index (χ1v) is 6.50. The van der Waals surface area contributed by atoms with Crippen molar-refractivity contribution in [2.24, 2.45) is 16.8 Å². The third kappa shape index (κ3) is 3.50. The monoisotopic (exact) mass is 250 g/mol. The highest BCUT2D eigenvalue weighted by Gasteiger charge is 2.31. The maximum Gasteiger partial charge on any atom is 0.209 e. The molecule has 0 atom stereocenters. The number of nitrogens with zero attached hydrogens (tertiary/aromatic N) is 2. The number of rotatable bonds is 5. The van der Waals surface area contributed by atoms with Gasteiger partial charge in [0.2, 0.25) is 5.96 Å². The molecule has 3 N–H and O–H groups in total. The number of nitrogens with one attached hydrogen (secondary N) is 1. The zero-order chi connectivity index (χ0) is 13.0. The normalized spacial score (nSPS) is 16.1. The molecule has 5 nitrogen and oxygen atoms in total. The van der Waals surface area contributed by atoms with E-state index in [1.54, 1.807) is 6.26 Å². The molecule has 1 saturated carbocycles. The minimum Gasteiger partial charge on any atom is -0.467 e. The molecule has 0 radical (unpaired) electrons. The molecular weight excluding hydrogens is 228 g/mol. The van der Waals surface area contributed by atoms with Crippen LogP contribution in [0.1, 0.15) is 32.4 Å². The van der Waals surface area contributed by atoms with E-state index in [1.165, 1.54) is 12.8 Å². The van der Waals surface area contributed by atoms with Gasteiger partial charge in [-0.15, -0.1) is 0 Å². The number of furan rings is 1. The molecule has 1 aromatic rings. The van der Waals surface area contributed by atoms with Gasteiger partial charge in [0.25, 0.3) is 0 Å². The summed E-state index contributed by atoms with van der Waals surface area (Å²) >= 11 is 0. The van der Waals surface area contributed by atoms with E-state index in [0.717, 1.165) is 24.8 Å². The predicted octanol–water partition coefficient (Wildman–Crippen LogP) is 1.72. The number of aliphatic imine (C=N–C) groups is 1. The van der Waals surface area contributed by atoms with E-state index in [0.29, 0.717) is 12.0 Å². The first-order chi connectivity index (χ1) is 8.70. The summed E-state index contributed by atoms with van der Waals surface area (Å²) in [5, 5.41) is 0. The predicted molar refractivity (Wildman–Crippen MR) is 71.7 cm³/mol. The summed E-state index contributed by atoms with van der Waals surface area (Å²) in [6, 6.07) is 4.42. The van der Waals surface area contributed by atoms with Crippen LogP contribution in [0.15, 0.2) is 27.8 Å². The van der Waals surface area contributed by atoms with E-state index in [9.17, 15) is 0 Å². The Bertz CT molecular complexity index is 382. The van der Waals surface area contributed by atoms with E-state index < -0.39 is 0 Å². The van der Waals surface area contributed by atoms with Gasteiger partial charge in [0, 0.05) is 12.6 Å². The highest BCUT2D eigenvalue weighted by Crippen LogP contribution is 2.28. The van der Waals surface area contributed by atoms with E-state index >= 15 is 0 Å². The Balaban J connectivity index is 2.05. The van der Waals surface area contributed by atoms with Crippen molar-refractivity contribution in [3.05, 3.63) is 24.2 Å². The summed E-state index contributed by atoms with van der Waals surface area (Å²) in [6.07, 6.45) is 4.09. The number of hydrazine groups is 1. The first-order valence-electron chi connectivity index (χ1n) is 6.50. The Labute approximate surface area is 108 Å². The lowest BCUT2D eigenvalue weighted by Gasteiger charge is -2.24. The molecular formula is C13H22N4O. The largest absolute Gasteiger partial charge is 0.467 e. The molecule has 1 heterocycles. The maximum atomic E-state index is 5.60. The van der Waals surface area contributed by atoms with Gasteiger partial charge in [-0.1, -0.05) is 13.8 Å². The lowest BCUT2D eigenvalue weighted by atomic mass is 10.2. The van der Waals surface area contributed by atoms with Crippen LogP contribution in [-0.4, -0.2) is 23.4 Å². The van der Waals surface area contributed by atoms with E-state index in [2.05, 4.69) is 29.2 Å². The highest BCUT2D eigenvalue weighted by molar-refractivity contribution is 5.80. The molecule has 0 saturated heterocycles. The summed E-state index contributed by atoms with van der Waals surface area (Å²) in [5.41, 5.74) is 2.73. The van der Waals surface area contributed by atoms with Gasteiger partial charge < -0.3 is 9.32 Å². The van der Waals surface area contributed by atoms with Crippen molar-refractivity contribution in [2.75, 3.05) is 6.54 Å². The van der Waals surface area contributed by atoms with Gasteiger partial charge in [-0.2, -0.15) is 0 Å². The van der Waals surface area contributed by atoms with Crippen LogP contribution in [0.4, 0.5) is 0 Å². The zero-order valence-electron chi connectivity index (χ0n) is 11.1. The molecule has 0 aliphatic heterocycles. The fourth-order valence-electron chi connectivity index (χ4n) is 1.82. The molecule has 18 heavy (non-hydrogen) atoms. The Morgan fingerprint density at radius 1 is 1.61 bits per heavy atom. The van der Waals surface area contributed by atoms with Gasteiger partial charge in [-0.05, 0) is 30.9 Å². The SMILES string of the molecule is CC(C)CN=C(NN)N(Cc1ccco1)C1CC1. The summed E-state index contributed by atoms with van der Waals surface area (Å²) in [7, 11) is 0. The number of nitrogens with two attached hydrogens (primary N) is 1. The summed E-state index contributed by atoms with van der Waals surface area (Å²) in [5.74, 6) is 7.83. The van der Waals surface area contributed by atoms with Gasteiger partial charge >= 0.3 is 0 Å². The smallest absolute Gasteiger partial charge is 0.209 e. The van der Waals surface area contributed by atoms with Crippen molar-refractivity contribution >= 4 is 5.96 Å². The average Bonchev–Trinajstić information content (AvgIpc) is 3.06. The lowest BCUT2D eigenvalue weighted by Crippen LogP contribution is -2.45. The van der Waals surface area contributed by atoms with Crippen molar-refractivity contribution in [3.8, 4) is 0 Å². The van der Waals surface area contributed by atoms with E-state index in [4.69, 9.17) is 10.3 Å². The molecule has 0 unspecified atom stereocenters. The second-order valence-electron chi connectivity index (χ2n) is 5.14. The van der Waals surface area contributed by atoms with Crippen LogP contribution in [0.2, 0.25) is 0 Å². The number of guanidine groups is 1. The molecule has 1 aliphatic carbocycles. The molecule has 1 fully saturated rings. The summed E-state index contributed by atoms with van der Waals surface area (Å²) < 4.78 is 5.40. The van der Waals surface area contributed by atoms with Gasteiger partial charge in [0.1, 0.15) is 5.76 Å². The van der Waals surface area contributed by atoms with Gasteiger partial charge in [-0.25, -0.2) is 5.84 Å². The molecule has 0 aromatic carbocycles. The Morgan fingerprint density at radius 2 is 2.39 bits per heavy atom. The van der Waals surface area contributed by atoms with Crippen molar-refractivity contribution < 1.29 is 4.42 Å². The number of hydrogen-bond acceptors (Lipinski definition) is 3. The quantitative estimate of drug-likeness (QED) is 0.361. The lowest BCUT2D eigenvalue weighted by molar-refractivity contribution is 0.342. The van der Waals surface area contributed by atoms with Crippen molar-refractivity contribution in [3.63, 3.8) is 0 Å². The molecule has 100 valence electrons. The second kappa shape index (κ2) is 5.91. The van der Waals surface area contributed by atoms with Crippen molar-refractivity contribution in [1.29, 1.82) is 0 Å². The fourth-order valence-corrected chi connectivity index (χ4v) is 1.82. The van der Waals surface area contributed by atoms with E-state index in [-0.39, 0.29) is 0 Å². The van der Waals surface area contributed by atoms with Crippen LogP contribution in [-0.2, 0) is 6.54 Å². The topological polar surface area (TPSA) is 66.8 Å². The van der Waals surface area contributed by atoms with Crippen LogP contribution in [0, 0.1) is 5.92 Å². The fraction of sp³-hybridized carbons (Fsp3) is 0.615. The third-order valence-electron chi connectivity index (χ3n) is 2.90. The van der Waals surface area contributed by atoms with Crippen molar-refractivity contribution in [1.82, 2.24) is 10.3 Å². The van der Waals surface area contributed by atoms with Crippen LogP contribution in [0.5, 0.6) is 0 Å². The zero-order valence-corrected chi connectivity index (χ0v) is 11.1. The van der Waals surface area contributed by atoms with Gasteiger partial charge in [0.05, 0.1) is 12.8 Å². The van der Waals surface area contributed by atoms with Crippen molar-refractivity contribution in [2.45, 2.75) is 39.3 Å². The first kappa shape index (κ1) is 13.0. The van der Waals surface area contributed by atoms with Crippen LogP contribution < -0.4 is 11.3 Å². The average molecular weight is 250 g/mol. The summed E-state index contributed by atoms with van der Waals surface area (Å²) in [6.45, 7) is 5.79. The molecule has 0 bridgehead atoms. The van der Waals surface area contributed by atoms with E-state index in [1.807, 2.05) is 12.1 Å². The molecule has 2 rings (SSSR count). The molecule has 5 heteroatoms. The standard InChI is InChI=1S/C13H22N4O/c1-10(2)8-15-13(16-14)17(11-5-6-11)9-12-4-3-7-18-12/h3-4,7,10-11H,5-6,8-9,14H2,1-2H3,(H,15,16). The highest BCUT2D eigenvalue weighted by atomic mass is 16.3. The number of hydrogen-bond donors (Lipinski definition) is 2. The molecule has 1 aliphatic rings. The van der Waals surface area contributed by atoms with Crippen LogP contribution >= 0.6 is 0 Å². The third-order valence-corrected chi connectivity index (χ3v) is 2.90. The van der Waals surface area contributed by atoms with Crippen LogP contribution in [0.3, 0.4) is 0 Å². The second-order valence-corrected chi connectivity index (χ2v) is 5.14. The Kier molecular flexibility index (Phi) is 4.25. The minimum atomic E-state index is 0.526.